The van der Waals surface area contributed by atoms with E-state index in [9.17, 15) is 9.59 Å². The molecule has 4 nitrogen and oxygen atoms in total. The SMILES string of the molecule is Cc1ccc(Sc2ccc(/C=C3\C(=O)NC(=S)N(c4ccc(C)c(C)c4)C3=O)cc2)cc1. The molecule has 0 bridgehead atoms. The number of thiocarbonyl (C=S) groups is 1. The summed E-state index contributed by atoms with van der Waals surface area (Å²) in [5, 5.41) is 2.72. The molecule has 0 unspecified atom stereocenters. The van der Waals surface area contributed by atoms with E-state index in [1.54, 1.807) is 17.8 Å². The van der Waals surface area contributed by atoms with Gasteiger partial charge in [0.05, 0.1) is 5.69 Å². The van der Waals surface area contributed by atoms with Crippen LogP contribution in [0.3, 0.4) is 0 Å². The van der Waals surface area contributed by atoms with Gasteiger partial charge < -0.3 is 0 Å². The van der Waals surface area contributed by atoms with Crippen molar-refractivity contribution >= 4 is 52.7 Å². The highest BCUT2D eigenvalue weighted by atomic mass is 32.2. The first-order valence-electron chi connectivity index (χ1n) is 10.1. The van der Waals surface area contributed by atoms with Gasteiger partial charge in [-0.2, -0.15) is 0 Å². The fourth-order valence-corrected chi connectivity index (χ4v) is 4.40. The lowest BCUT2D eigenvalue weighted by molar-refractivity contribution is -0.122. The Labute approximate surface area is 197 Å². The maximum absolute atomic E-state index is 13.2. The largest absolute Gasteiger partial charge is 0.298 e. The molecule has 32 heavy (non-hydrogen) atoms. The predicted molar refractivity (Wildman–Crippen MR) is 134 cm³/mol. The van der Waals surface area contributed by atoms with Crippen LogP contribution in [0.25, 0.3) is 6.08 Å². The molecule has 1 saturated heterocycles. The monoisotopic (exact) mass is 458 g/mol. The lowest BCUT2D eigenvalue weighted by atomic mass is 10.1. The number of anilines is 1. The molecule has 3 aromatic rings. The predicted octanol–water partition coefficient (Wildman–Crippen LogP) is 5.59. The molecule has 6 heteroatoms. The number of benzene rings is 3. The first kappa shape index (κ1) is 22.0. The van der Waals surface area contributed by atoms with Crippen molar-refractivity contribution < 1.29 is 9.59 Å². The van der Waals surface area contributed by atoms with Gasteiger partial charge in [-0.15, -0.1) is 0 Å². The van der Waals surface area contributed by atoms with E-state index in [4.69, 9.17) is 12.2 Å². The number of rotatable bonds is 4. The van der Waals surface area contributed by atoms with Gasteiger partial charge in [0.1, 0.15) is 5.57 Å². The maximum Gasteiger partial charge on any atom is 0.270 e. The van der Waals surface area contributed by atoms with Crippen molar-refractivity contribution in [2.75, 3.05) is 4.90 Å². The molecule has 0 radical (unpaired) electrons. The van der Waals surface area contributed by atoms with E-state index in [0.29, 0.717) is 5.69 Å². The van der Waals surface area contributed by atoms with Crippen LogP contribution >= 0.6 is 24.0 Å². The van der Waals surface area contributed by atoms with Crippen LogP contribution < -0.4 is 10.2 Å². The summed E-state index contributed by atoms with van der Waals surface area (Å²) in [6.07, 6.45) is 1.60. The molecule has 1 aliphatic rings. The van der Waals surface area contributed by atoms with Crippen LogP contribution in [0.1, 0.15) is 22.3 Å². The van der Waals surface area contributed by atoms with Gasteiger partial charge in [0.2, 0.25) is 0 Å². The second-order valence-electron chi connectivity index (χ2n) is 7.71. The number of nitrogens with zero attached hydrogens (tertiary/aromatic N) is 1. The van der Waals surface area contributed by atoms with E-state index < -0.39 is 11.8 Å². The van der Waals surface area contributed by atoms with Gasteiger partial charge in [-0.1, -0.05) is 47.7 Å². The molecular weight excluding hydrogens is 436 g/mol. The van der Waals surface area contributed by atoms with Crippen molar-refractivity contribution in [2.24, 2.45) is 0 Å². The van der Waals surface area contributed by atoms with Crippen molar-refractivity contribution in [1.29, 1.82) is 0 Å². The Bertz CT molecular complexity index is 1250. The highest BCUT2D eigenvalue weighted by Crippen LogP contribution is 2.29. The summed E-state index contributed by atoms with van der Waals surface area (Å²) in [6.45, 7) is 6.04. The Morgan fingerprint density at radius 3 is 2.09 bits per heavy atom. The fourth-order valence-electron chi connectivity index (χ4n) is 3.30. The van der Waals surface area contributed by atoms with Gasteiger partial charge in [-0.25, -0.2) is 0 Å². The van der Waals surface area contributed by atoms with Crippen LogP contribution in [-0.2, 0) is 9.59 Å². The first-order chi connectivity index (χ1) is 15.3. The highest BCUT2D eigenvalue weighted by Gasteiger charge is 2.34. The van der Waals surface area contributed by atoms with E-state index in [1.807, 2.05) is 56.3 Å². The summed E-state index contributed by atoms with van der Waals surface area (Å²) in [7, 11) is 0. The minimum atomic E-state index is -0.488. The van der Waals surface area contributed by atoms with Gasteiger partial charge in [0, 0.05) is 9.79 Å². The number of carbonyl (C=O) groups excluding carboxylic acids is 2. The van der Waals surface area contributed by atoms with Crippen LogP contribution in [0.5, 0.6) is 0 Å². The first-order valence-corrected chi connectivity index (χ1v) is 11.4. The summed E-state index contributed by atoms with van der Waals surface area (Å²) in [6, 6.07) is 21.8. The third kappa shape index (κ3) is 4.66. The van der Waals surface area contributed by atoms with Crippen LogP contribution in [0.4, 0.5) is 5.69 Å². The number of hydrogen-bond donors (Lipinski definition) is 1. The minimum Gasteiger partial charge on any atom is -0.298 e. The summed E-state index contributed by atoms with van der Waals surface area (Å²) >= 11 is 6.95. The van der Waals surface area contributed by atoms with E-state index in [1.165, 1.54) is 10.5 Å². The molecule has 4 rings (SSSR count). The number of amides is 2. The summed E-state index contributed by atoms with van der Waals surface area (Å²) in [5.74, 6) is -0.918. The standard InChI is InChI=1S/C26H22N2O2S2/c1-16-4-10-21(11-5-16)32-22-12-7-19(8-13-22)15-23-24(29)27-26(31)28(25(23)30)20-9-6-17(2)18(3)14-20/h4-15H,1-3H3,(H,27,29,31)/b23-15+. The number of hydrogen-bond acceptors (Lipinski definition) is 4. The zero-order valence-electron chi connectivity index (χ0n) is 18.0. The Kier molecular flexibility index (Phi) is 6.26. The quantitative estimate of drug-likeness (QED) is 0.314. The summed E-state index contributed by atoms with van der Waals surface area (Å²) in [5.41, 5.74) is 4.84. The molecule has 1 heterocycles. The molecule has 160 valence electrons. The molecule has 0 spiro atoms. The van der Waals surface area contributed by atoms with E-state index in [2.05, 4.69) is 36.5 Å². The Hall–Kier alpha value is -3.22. The summed E-state index contributed by atoms with van der Waals surface area (Å²) in [4.78, 5) is 29.3. The molecule has 0 aliphatic carbocycles. The van der Waals surface area contributed by atoms with Crippen molar-refractivity contribution in [3.8, 4) is 0 Å². The number of nitrogens with one attached hydrogen (secondary N) is 1. The van der Waals surface area contributed by atoms with Gasteiger partial charge in [0.15, 0.2) is 5.11 Å². The molecular formula is C26H22N2O2S2. The van der Waals surface area contributed by atoms with Gasteiger partial charge in [-0.05, 0) is 92.2 Å². The smallest absolute Gasteiger partial charge is 0.270 e. The van der Waals surface area contributed by atoms with Crippen LogP contribution in [0, 0.1) is 20.8 Å². The number of aryl methyl sites for hydroxylation is 3. The van der Waals surface area contributed by atoms with Gasteiger partial charge in [0.25, 0.3) is 11.8 Å². The van der Waals surface area contributed by atoms with Crippen molar-refractivity contribution in [3.63, 3.8) is 0 Å². The maximum atomic E-state index is 13.2. The normalized spacial score (nSPS) is 15.3. The van der Waals surface area contributed by atoms with E-state index in [0.717, 1.165) is 26.5 Å². The average molecular weight is 459 g/mol. The molecule has 0 saturated carbocycles. The van der Waals surface area contributed by atoms with Crippen molar-refractivity contribution in [2.45, 2.75) is 30.6 Å². The molecule has 1 fully saturated rings. The lowest BCUT2D eigenvalue weighted by Gasteiger charge is -2.29. The van der Waals surface area contributed by atoms with Crippen LogP contribution in [-0.4, -0.2) is 16.9 Å². The van der Waals surface area contributed by atoms with Gasteiger partial charge in [-0.3, -0.25) is 19.8 Å². The molecule has 2 amide bonds. The Balaban J connectivity index is 1.58. The van der Waals surface area contributed by atoms with Crippen LogP contribution in [0.15, 0.2) is 82.1 Å². The highest BCUT2D eigenvalue weighted by molar-refractivity contribution is 7.99. The zero-order valence-corrected chi connectivity index (χ0v) is 19.6. The molecule has 0 aromatic heterocycles. The summed E-state index contributed by atoms with van der Waals surface area (Å²) < 4.78 is 0. The third-order valence-electron chi connectivity index (χ3n) is 5.30. The zero-order chi connectivity index (χ0) is 22.8. The molecule has 1 aliphatic heterocycles. The fraction of sp³-hybridized carbons (Fsp3) is 0.115. The second kappa shape index (κ2) is 9.10. The Morgan fingerprint density at radius 1 is 0.844 bits per heavy atom. The van der Waals surface area contributed by atoms with Crippen molar-refractivity contribution in [1.82, 2.24) is 5.32 Å². The average Bonchev–Trinajstić information content (AvgIpc) is 2.76. The van der Waals surface area contributed by atoms with Crippen LogP contribution in [0.2, 0.25) is 0 Å². The van der Waals surface area contributed by atoms with Gasteiger partial charge >= 0.3 is 0 Å². The molecule has 3 aromatic carbocycles. The third-order valence-corrected chi connectivity index (χ3v) is 6.60. The number of carbonyl (C=O) groups is 2. The topological polar surface area (TPSA) is 49.4 Å². The van der Waals surface area contributed by atoms with E-state index >= 15 is 0 Å². The minimum absolute atomic E-state index is 0.0516. The molecule has 0 atom stereocenters. The van der Waals surface area contributed by atoms with E-state index in [-0.39, 0.29) is 10.7 Å². The Morgan fingerprint density at radius 2 is 1.47 bits per heavy atom. The molecule has 1 N–H and O–H groups in total. The lowest BCUT2D eigenvalue weighted by Crippen LogP contribution is -2.54. The van der Waals surface area contributed by atoms with Crippen molar-refractivity contribution in [3.05, 3.63) is 94.6 Å². The second-order valence-corrected chi connectivity index (χ2v) is 9.24.